The summed E-state index contributed by atoms with van der Waals surface area (Å²) in [6, 6.07) is 1.40. The second-order valence-electron chi connectivity index (χ2n) is 2.81. The largest absolute Gasteiger partial charge is 1.00 e. The molecule has 0 unspecified atom stereocenters. The smallest absolute Gasteiger partial charge is 0.445 e. The molecule has 1 nitrogen and oxygen atoms in total. The van der Waals surface area contributed by atoms with Crippen LogP contribution in [0.5, 0.6) is 5.75 Å². The van der Waals surface area contributed by atoms with Gasteiger partial charge in [0.1, 0.15) is 5.75 Å². The molecule has 0 radical (unpaired) electrons. The molecule has 0 aliphatic carbocycles. The van der Waals surface area contributed by atoms with E-state index in [0.717, 1.165) is 0 Å². The topological polar surface area (TPSA) is 9.23 Å². The maximum absolute atomic E-state index is 12.2. The van der Waals surface area contributed by atoms with E-state index in [1.807, 2.05) is 0 Å². The Kier molecular flexibility index (Phi) is 6.37. The van der Waals surface area contributed by atoms with Crippen LogP contribution in [0.4, 0.5) is 26.1 Å². The Bertz CT molecular complexity index is 393. The first-order chi connectivity index (χ1) is 7.09. The van der Waals surface area contributed by atoms with Gasteiger partial charge in [0.05, 0.1) is 5.02 Å². The van der Waals surface area contributed by atoms with Crippen molar-refractivity contribution in [1.29, 1.82) is 0 Å². The van der Waals surface area contributed by atoms with E-state index in [4.69, 9.17) is 11.6 Å². The summed E-state index contributed by atoms with van der Waals surface area (Å²) in [4.78, 5) is 0. The van der Waals surface area contributed by atoms with E-state index in [-0.39, 0.29) is 51.4 Å². The summed E-state index contributed by atoms with van der Waals surface area (Å²) in [5.41, 5.74) is -1.08. The minimum absolute atomic E-state index is 0. The van der Waals surface area contributed by atoms with Gasteiger partial charge in [0, 0.05) is 0 Å². The zero-order valence-corrected chi connectivity index (χ0v) is 12.2. The molecule has 10 heteroatoms. The molecule has 0 aromatic heterocycles. The SMILES string of the molecule is F[B-](F)(F)c1ccc(OC(F)(F)F)c(Cl)c1.[K+]. The molecule has 0 spiro atoms. The van der Waals surface area contributed by atoms with Crippen molar-refractivity contribution in [1.82, 2.24) is 0 Å². The van der Waals surface area contributed by atoms with Crippen LogP contribution in [0, 0.1) is 0 Å². The van der Waals surface area contributed by atoms with E-state index in [1.165, 1.54) is 0 Å². The van der Waals surface area contributed by atoms with Crippen molar-refractivity contribution < 1.29 is 82.2 Å². The van der Waals surface area contributed by atoms with Gasteiger partial charge < -0.3 is 17.7 Å². The second kappa shape index (κ2) is 6.16. The molecule has 0 saturated carbocycles. The molecule has 0 atom stereocenters. The molecule has 1 aromatic rings. The van der Waals surface area contributed by atoms with E-state index in [1.54, 1.807) is 0 Å². The molecule has 0 aliphatic rings. The van der Waals surface area contributed by atoms with Gasteiger partial charge in [-0.05, 0) is 6.07 Å². The number of hydrogen-bond acceptors (Lipinski definition) is 1. The van der Waals surface area contributed by atoms with Gasteiger partial charge in [0.15, 0.2) is 0 Å². The first-order valence-corrected chi connectivity index (χ1v) is 4.22. The molecule has 90 valence electrons. The van der Waals surface area contributed by atoms with Crippen LogP contribution in [0.2, 0.25) is 5.02 Å². The summed E-state index contributed by atoms with van der Waals surface area (Å²) in [7, 11) is 0. The fourth-order valence-corrected chi connectivity index (χ4v) is 1.16. The maximum Gasteiger partial charge on any atom is 1.00 e. The summed E-state index contributed by atoms with van der Waals surface area (Å²) in [6.07, 6.45) is -4.99. The number of benzene rings is 1. The van der Waals surface area contributed by atoms with E-state index in [0.29, 0.717) is 18.2 Å². The molecular weight excluding hydrogens is 299 g/mol. The third-order valence-corrected chi connectivity index (χ3v) is 1.85. The van der Waals surface area contributed by atoms with Gasteiger partial charge in [0.25, 0.3) is 0 Å². The zero-order valence-electron chi connectivity index (χ0n) is 8.36. The van der Waals surface area contributed by atoms with Gasteiger partial charge in [0.2, 0.25) is 0 Å². The molecule has 0 bridgehead atoms. The first kappa shape index (κ1) is 17.6. The average molecular weight is 302 g/mol. The summed E-state index contributed by atoms with van der Waals surface area (Å²) >= 11 is 5.23. The Balaban J connectivity index is 0.00000256. The predicted molar refractivity (Wildman–Crippen MR) is 46.8 cm³/mol. The van der Waals surface area contributed by atoms with Gasteiger partial charge in [-0.3, -0.25) is 0 Å². The van der Waals surface area contributed by atoms with Crippen LogP contribution in [0.1, 0.15) is 0 Å². The molecule has 0 fully saturated rings. The molecule has 1 aromatic carbocycles. The van der Waals surface area contributed by atoms with Gasteiger partial charge in [-0.2, -0.15) is 0 Å². The molecular formula is C7H3BClF6KO. The molecule has 0 N–H and O–H groups in total. The maximum atomic E-state index is 12.2. The molecule has 1 rings (SSSR count). The monoisotopic (exact) mass is 302 g/mol. The van der Waals surface area contributed by atoms with E-state index in [2.05, 4.69) is 4.74 Å². The standard InChI is InChI=1S/C7H3BClF6O.K/c9-5-3-4(8(13,14)15)1-2-6(5)16-7(10,11)12;/h1-3H;/q-1;+1. The summed E-state index contributed by atoms with van der Waals surface area (Å²) in [5, 5.41) is -0.742. The normalized spacial score (nSPS) is 11.9. The van der Waals surface area contributed by atoms with Crippen molar-refractivity contribution in [3.05, 3.63) is 23.2 Å². The van der Waals surface area contributed by atoms with E-state index in [9.17, 15) is 26.1 Å². The minimum Gasteiger partial charge on any atom is -0.445 e. The molecule has 17 heavy (non-hydrogen) atoms. The summed E-state index contributed by atoms with van der Waals surface area (Å²) < 4.78 is 75.2. The van der Waals surface area contributed by atoms with Crippen LogP contribution < -0.4 is 61.6 Å². The van der Waals surface area contributed by atoms with E-state index >= 15 is 0 Å². The Morgan fingerprint density at radius 3 is 2.00 bits per heavy atom. The third-order valence-electron chi connectivity index (χ3n) is 1.56. The van der Waals surface area contributed by atoms with Crippen LogP contribution in [-0.4, -0.2) is 13.3 Å². The van der Waals surface area contributed by atoms with Crippen LogP contribution in [0.25, 0.3) is 0 Å². The fraction of sp³-hybridized carbons (Fsp3) is 0.143. The van der Waals surface area contributed by atoms with E-state index < -0.39 is 29.6 Å². The van der Waals surface area contributed by atoms with Gasteiger partial charge >= 0.3 is 64.7 Å². The van der Waals surface area contributed by atoms with Crippen molar-refractivity contribution in [3.8, 4) is 5.75 Å². The van der Waals surface area contributed by atoms with Gasteiger partial charge in [-0.25, -0.2) is 0 Å². The number of alkyl halides is 3. The quantitative estimate of drug-likeness (QED) is 0.564. The summed E-state index contributed by atoms with van der Waals surface area (Å²) in [5.74, 6) is -0.863. The van der Waals surface area contributed by atoms with Crippen LogP contribution in [0.3, 0.4) is 0 Å². The fourth-order valence-electron chi connectivity index (χ4n) is 0.928. The zero-order chi connectivity index (χ0) is 12.6. The van der Waals surface area contributed by atoms with Gasteiger partial charge in [-0.15, -0.1) is 18.6 Å². The number of rotatable bonds is 2. The third kappa shape index (κ3) is 5.84. The Morgan fingerprint density at radius 2 is 1.65 bits per heavy atom. The Morgan fingerprint density at radius 1 is 1.12 bits per heavy atom. The van der Waals surface area contributed by atoms with Crippen molar-refractivity contribution in [3.63, 3.8) is 0 Å². The molecule has 0 aliphatic heterocycles. The van der Waals surface area contributed by atoms with Crippen molar-refractivity contribution in [2.75, 3.05) is 0 Å². The first-order valence-electron chi connectivity index (χ1n) is 3.85. The second-order valence-corrected chi connectivity index (χ2v) is 3.22. The number of halogens is 7. The predicted octanol–water partition coefficient (Wildman–Crippen LogP) is 0.297. The van der Waals surface area contributed by atoms with Gasteiger partial charge in [-0.1, -0.05) is 23.7 Å². The Hall–Kier alpha value is 0.591. The van der Waals surface area contributed by atoms with Crippen molar-refractivity contribution in [2.45, 2.75) is 6.36 Å². The van der Waals surface area contributed by atoms with Crippen LogP contribution in [0.15, 0.2) is 18.2 Å². The average Bonchev–Trinajstić information content (AvgIpc) is 2.04. The van der Waals surface area contributed by atoms with Crippen LogP contribution in [-0.2, 0) is 0 Å². The van der Waals surface area contributed by atoms with Crippen molar-refractivity contribution in [2.24, 2.45) is 0 Å². The molecule has 0 saturated heterocycles. The molecule has 0 heterocycles. The number of ether oxygens (including phenoxy) is 1. The minimum atomic E-state index is -5.30. The van der Waals surface area contributed by atoms with Crippen molar-refractivity contribution >= 4 is 24.0 Å². The number of hydrogen-bond donors (Lipinski definition) is 0. The Labute approximate surface area is 140 Å². The molecule has 0 amide bonds. The summed E-state index contributed by atoms with van der Waals surface area (Å²) in [6.45, 7) is -5.30. The van der Waals surface area contributed by atoms with Crippen LogP contribution >= 0.6 is 11.6 Å².